The van der Waals surface area contributed by atoms with Crippen LogP contribution in [0.2, 0.25) is 0 Å². The highest BCUT2D eigenvalue weighted by molar-refractivity contribution is 5.79. The summed E-state index contributed by atoms with van der Waals surface area (Å²) in [5.41, 5.74) is 3.78. The average Bonchev–Trinajstić information content (AvgIpc) is 3.16. The molecule has 1 N–H and O–H groups in total. The molecule has 176 valence electrons. The standard InChI is InChI=1S/C25H40N6O/c1-19(2)24-22(18-30(5)28-24)17-29(4)25(26-3)27-15-20-11-13-31(14-12-20)16-21-7-9-23(32-6)10-8-21/h7-10,18-20H,11-17H2,1-6H3,(H,26,27). The molecule has 0 radical (unpaired) electrons. The van der Waals surface area contributed by atoms with Gasteiger partial charge in [-0.3, -0.25) is 14.6 Å². The molecule has 2 aromatic rings. The fourth-order valence-electron chi connectivity index (χ4n) is 4.45. The molecular formula is C25H40N6O. The van der Waals surface area contributed by atoms with Crippen molar-refractivity contribution in [1.82, 2.24) is 24.9 Å². The molecule has 0 aliphatic carbocycles. The first kappa shape index (κ1) is 24.1. The fourth-order valence-corrected chi connectivity index (χ4v) is 4.45. The van der Waals surface area contributed by atoms with Crippen molar-refractivity contribution in [3.8, 4) is 5.75 Å². The number of guanidine groups is 1. The van der Waals surface area contributed by atoms with E-state index in [1.807, 2.05) is 30.9 Å². The first-order valence-corrected chi connectivity index (χ1v) is 11.7. The molecule has 1 fully saturated rings. The van der Waals surface area contributed by atoms with Gasteiger partial charge in [-0.15, -0.1) is 0 Å². The summed E-state index contributed by atoms with van der Waals surface area (Å²) in [6.07, 6.45) is 4.55. The molecule has 1 aliphatic rings. The lowest BCUT2D eigenvalue weighted by molar-refractivity contribution is 0.177. The quantitative estimate of drug-likeness (QED) is 0.503. The number of rotatable bonds is 8. The number of methoxy groups -OCH3 is 1. The highest BCUT2D eigenvalue weighted by Gasteiger charge is 2.21. The summed E-state index contributed by atoms with van der Waals surface area (Å²) in [7, 11) is 7.66. The van der Waals surface area contributed by atoms with Gasteiger partial charge in [-0.05, 0) is 55.5 Å². The molecule has 0 atom stereocenters. The number of aromatic nitrogens is 2. The molecule has 7 nitrogen and oxygen atoms in total. The van der Waals surface area contributed by atoms with E-state index in [1.54, 1.807) is 7.11 Å². The third-order valence-corrected chi connectivity index (χ3v) is 6.29. The zero-order valence-electron chi connectivity index (χ0n) is 20.6. The number of nitrogens with zero attached hydrogens (tertiary/aromatic N) is 5. The minimum atomic E-state index is 0.415. The maximum absolute atomic E-state index is 5.26. The van der Waals surface area contributed by atoms with Crippen LogP contribution < -0.4 is 10.1 Å². The first-order chi connectivity index (χ1) is 15.4. The van der Waals surface area contributed by atoms with Crippen molar-refractivity contribution in [2.45, 2.75) is 45.7 Å². The van der Waals surface area contributed by atoms with Gasteiger partial charge >= 0.3 is 0 Å². The number of ether oxygens (including phenoxy) is 1. The lowest BCUT2D eigenvalue weighted by atomic mass is 9.96. The molecule has 7 heteroatoms. The van der Waals surface area contributed by atoms with Crippen LogP contribution in [0.4, 0.5) is 0 Å². The number of likely N-dealkylation sites (tertiary alicyclic amines) is 1. The van der Waals surface area contributed by atoms with Gasteiger partial charge < -0.3 is 15.0 Å². The number of hydrogen-bond acceptors (Lipinski definition) is 4. The molecule has 1 aromatic carbocycles. The first-order valence-electron chi connectivity index (χ1n) is 11.7. The highest BCUT2D eigenvalue weighted by Crippen LogP contribution is 2.21. The molecule has 32 heavy (non-hydrogen) atoms. The summed E-state index contributed by atoms with van der Waals surface area (Å²) in [6.45, 7) is 9.46. The van der Waals surface area contributed by atoms with Crippen LogP contribution in [0.25, 0.3) is 0 Å². The van der Waals surface area contributed by atoms with E-state index in [-0.39, 0.29) is 0 Å². The van der Waals surface area contributed by atoms with E-state index in [4.69, 9.17) is 4.74 Å². The van der Waals surface area contributed by atoms with E-state index in [0.29, 0.717) is 11.8 Å². The molecule has 1 saturated heterocycles. The van der Waals surface area contributed by atoms with Gasteiger partial charge in [0.2, 0.25) is 0 Å². The minimum Gasteiger partial charge on any atom is -0.497 e. The van der Waals surface area contributed by atoms with Crippen LogP contribution in [0.5, 0.6) is 5.75 Å². The smallest absolute Gasteiger partial charge is 0.193 e. The predicted molar refractivity (Wildman–Crippen MR) is 131 cm³/mol. The second-order valence-electron chi connectivity index (χ2n) is 9.22. The zero-order chi connectivity index (χ0) is 23.1. The van der Waals surface area contributed by atoms with Crippen molar-refractivity contribution in [3.63, 3.8) is 0 Å². The number of piperidine rings is 1. The van der Waals surface area contributed by atoms with Crippen LogP contribution in [-0.4, -0.2) is 66.4 Å². The van der Waals surface area contributed by atoms with Crippen LogP contribution in [-0.2, 0) is 20.1 Å². The summed E-state index contributed by atoms with van der Waals surface area (Å²) < 4.78 is 7.17. The lowest BCUT2D eigenvalue weighted by Crippen LogP contribution is -2.43. The molecular weight excluding hydrogens is 400 g/mol. The minimum absolute atomic E-state index is 0.415. The van der Waals surface area contributed by atoms with Gasteiger partial charge in [0, 0.05) is 52.5 Å². The van der Waals surface area contributed by atoms with E-state index in [1.165, 1.54) is 29.7 Å². The molecule has 1 aromatic heterocycles. The van der Waals surface area contributed by atoms with E-state index < -0.39 is 0 Å². The maximum Gasteiger partial charge on any atom is 0.193 e. The van der Waals surface area contributed by atoms with E-state index in [2.05, 4.69) is 64.4 Å². The predicted octanol–water partition coefficient (Wildman–Crippen LogP) is 3.47. The molecule has 2 heterocycles. The largest absolute Gasteiger partial charge is 0.497 e. The van der Waals surface area contributed by atoms with Gasteiger partial charge in [0.25, 0.3) is 0 Å². The lowest BCUT2D eigenvalue weighted by Gasteiger charge is -2.33. The van der Waals surface area contributed by atoms with E-state index in [0.717, 1.165) is 44.4 Å². The molecule has 0 unspecified atom stereocenters. The van der Waals surface area contributed by atoms with Crippen LogP contribution in [0.1, 0.15) is 49.4 Å². The monoisotopic (exact) mass is 440 g/mol. The van der Waals surface area contributed by atoms with Gasteiger partial charge in [-0.25, -0.2) is 0 Å². The number of benzene rings is 1. The van der Waals surface area contributed by atoms with Crippen molar-refractivity contribution < 1.29 is 4.74 Å². The zero-order valence-corrected chi connectivity index (χ0v) is 20.6. The van der Waals surface area contributed by atoms with Crippen molar-refractivity contribution >= 4 is 5.96 Å². The Morgan fingerprint density at radius 2 is 1.94 bits per heavy atom. The van der Waals surface area contributed by atoms with Crippen molar-refractivity contribution in [3.05, 3.63) is 47.3 Å². The van der Waals surface area contributed by atoms with E-state index >= 15 is 0 Å². The number of aryl methyl sites for hydroxylation is 1. The Balaban J connectivity index is 1.44. The van der Waals surface area contributed by atoms with Crippen molar-refractivity contribution in [1.29, 1.82) is 0 Å². The molecule has 1 aliphatic heterocycles. The summed E-state index contributed by atoms with van der Waals surface area (Å²) in [5, 5.41) is 8.24. The van der Waals surface area contributed by atoms with Crippen molar-refractivity contribution in [2.75, 3.05) is 40.8 Å². The number of nitrogens with one attached hydrogen (secondary N) is 1. The molecule has 0 spiro atoms. The van der Waals surface area contributed by atoms with E-state index in [9.17, 15) is 0 Å². The Bertz CT molecular complexity index is 865. The van der Waals surface area contributed by atoms with Gasteiger partial charge in [-0.2, -0.15) is 5.10 Å². The molecule has 0 amide bonds. The Labute approximate surface area is 193 Å². The second kappa shape index (κ2) is 11.4. The van der Waals surface area contributed by atoms with Gasteiger partial charge in [0.15, 0.2) is 5.96 Å². The summed E-state index contributed by atoms with van der Waals surface area (Å²) in [4.78, 5) is 9.27. The summed E-state index contributed by atoms with van der Waals surface area (Å²) >= 11 is 0. The van der Waals surface area contributed by atoms with Gasteiger partial charge in [-0.1, -0.05) is 26.0 Å². The fraction of sp³-hybridized carbons (Fsp3) is 0.600. The number of hydrogen-bond donors (Lipinski definition) is 1. The van der Waals surface area contributed by atoms with Gasteiger partial charge in [0.05, 0.1) is 12.8 Å². The van der Waals surface area contributed by atoms with Crippen molar-refractivity contribution in [2.24, 2.45) is 18.0 Å². The summed E-state index contributed by atoms with van der Waals surface area (Å²) in [5.74, 6) is 2.96. The Kier molecular flexibility index (Phi) is 8.56. The van der Waals surface area contributed by atoms with Crippen LogP contribution >= 0.6 is 0 Å². The Morgan fingerprint density at radius 3 is 2.53 bits per heavy atom. The second-order valence-corrected chi connectivity index (χ2v) is 9.22. The van der Waals surface area contributed by atoms with Crippen LogP contribution in [0.15, 0.2) is 35.5 Å². The topological polar surface area (TPSA) is 57.9 Å². The number of aliphatic imine (C=N–C) groups is 1. The van der Waals surface area contributed by atoms with Crippen LogP contribution in [0, 0.1) is 5.92 Å². The third kappa shape index (κ3) is 6.48. The average molecular weight is 441 g/mol. The SMILES string of the molecule is CN=C(NCC1CCN(Cc2ccc(OC)cc2)CC1)N(C)Cc1cn(C)nc1C(C)C. The Hall–Kier alpha value is -2.54. The van der Waals surface area contributed by atoms with Gasteiger partial charge in [0.1, 0.15) is 5.75 Å². The molecule has 0 saturated carbocycles. The normalized spacial score (nSPS) is 15.9. The van der Waals surface area contributed by atoms with Crippen LogP contribution in [0.3, 0.4) is 0 Å². The summed E-state index contributed by atoms with van der Waals surface area (Å²) in [6, 6.07) is 8.42. The highest BCUT2D eigenvalue weighted by atomic mass is 16.5. The molecule has 3 rings (SSSR count). The third-order valence-electron chi connectivity index (χ3n) is 6.29. The Morgan fingerprint density at radius 1 is 1.25 bits per heavy atom. The molecule has 0 bridgehead atoms. The maximum atomic E-state index is 5.26.